The molecule has 0 radical (unpaired) electrons. The van der Waals surface area contributed by atoms with Crippen molar-refractivity contribution in [3.63, 3.8) is 0 Å². The average molecular weight is 250 g/mol. The molecular formula is C13H18N2O3. The van der Waals surface area contributed by atoms with Crippen molar-refractivity contribution in [1.82, 2.24) is 4.90 Å². The lowest BCUT2D eigenvalue weighted by atomic mass is 9.95. The first-order valence-corrected chi connectivity index (χ1v) is 6.36. The molecule has 2 rings (SSSR count). The maximum atomic E-state index is 11.7. The molecule has 0 N–H and O–H groups in total. The largest absolute Gasteiger partial charge is 0.466 e. The topological polar surface area (TPSA) is 59.0 Å². The molecule has 2 aliphatic heterocycles. The molecule has 2 heterocycles. The quantitative estimate of drug-likeness (QED) is 0.695. The van der Waals surface area contributed by atoms with Gasteiger partial charge in [0, 0.05) is 6.20 Å². The maximum Gasteiger partial charge on any atom is 0.309 e. The molecule has 5 nitrogen and oxygen atoms in total. The van der Waals surface area contributed by atoms with E-state index in [-0.39, 0.29) is 23.7 Å². The number of carbonyl (C=O) groups is 2. The van der Waals surface area contributed by atoms with Crippen LogP contribution in [-0.2, 0) is 14.3 Å². The van der Waals surface area contributed by atoms with Gasteiger partial charge in [0.25, 0.3) is 0 Å². The van der Waals surface area contributed by atoms with Crippen molar-refractivity contribution in [2.45, 2.75) is 25.8 Å². The van der Waals surface area contributed by atoms with Gasteiger partial charge in [-0.3, -0.25) is 19.5 Å². The van der Waals surface area contributed by atoms with E-state index >= 15 is 0 Å². The van der Waals surface area contributed by atoms with Crippen molar-refractivity contribution >= 4 is 18.0 Å². The summed E-state index contributed by atoms with van der Waals surface area (Å²) in [6, 6.07) is -0.203. The smallest absolute Gasteiger partial charge is 0.309 e. The third kappa shape index (κ3) is 2.85. The first kappa shape index (κ1) is 13.0. The fraction of sp³-hybridized carbons (Fsp3) is 0.615. The summed E-state index contributed by atoms with van der Waals surface area (Å²) < 4.78 is 5.02. The third-order valence-electron chi connectivity index (χ3n) is 3.39. The normalized spacial score (nSPS) is 25.4. The Balaban J connectivity index is 1.87. The lowest BCUT2D eigenvalue weighted by Crippen LogP contribution is -2.46. The summed E-state index contributed by atoms with van der Waals surface area (Å²) in [5.41, 5.74) is 0. The van der Waals surface area contributed by atoms with E-state index in [1.807, 2.05) is 13.0 Å². The van der Waals surface area contributed by atoms with Crippen LogP contribution in [0.3, 0.4) is 0 Å². The van der Waals surface area contributed by atoms with Gasteiger partial charge in [0.05, 0.1) is 24.8 Å². The van der Waals surface area contributed by atoms with Crippen LogP contribution in [0, 0.1) is 5.92 Å². The number of piperidine rings is 1. The van der Waals surface area contributed by atoms with Gasteiger partial charge in [-0.05, 0) is 38.9 Å². The summed E-state index contributed by atoms with van der Waals surface area (Å²) in [7, 11) is 0. The van der Waals surface area contributed by atoms with Crippen LogP contribution < -0.4 is 0 Å². The monoisotopic (exact) mass is 250 g/mol. The predicted octanol–water partition coefficient (Wildman–Crippen LogP) is 0.797. The predicted molar refractivity (Wildman–Crippen MR) is 67.4 cm³/mol. The lowest BCUT2D eigenvalue weighted by molar-refractivity contribution is -0.149. The molecule has 0 unspecified atom stereocenters. The molecule has 0 aliphatic carbocycles. The molecule has 0 amide bonds. The fourth-order valence-electron chi connectivity index (χ4n) is 2.39. The number of rotatable bonds is 3. The summed E-state index contributed by atoms with van der Waals surface area (Å²) in [5.74, 6) is -0.103. The Morgan fingerprint density at radius 3 is 2.83 bits per heavy atom. The van der Waals surface area contributed by atoms with E-state index in [1.165, 1.54) is 6.21 Å². The van der Waals surface area contributed by atoms with Crippen molar-refractivity contribution in [2.75, 3.05) is 19.7 Å². The van der Waals surface area contributed by atoms with Gasteiger partial charge in [0.2, 0.25) is 0 Å². The van der Waals surface area contributed by atoms with Crippen molar-refractivity contribution < 1.29 is 14.3 Å². The zero-order valence-electron chi connectivity index (χ0n) is 10.5. The van der Waals surface area contributed by atoms with Crippen LogP contribution in [0.2, 0.25) is 0 Å². The fourth-order valence-corrected chi connectivity index (χ4v) is 2.39. The minimum Gasteiger partial charge on any atom is -0.466 e. The van der Waals surface area contributed by atoms with Crippen molar-refractivity contribution in [3.05, 3.63) is 12.3 Å². The Hall–Kier alpha value is -1.49. The summed E-state index contributed by atoms with van der Waals surface area (Å²) in [6.07, 6.45) is 6.35. The number of ketones is 1. The number of hydrogen-bond donors (Lipinski definition) is 0. The highest BCUT2D eigenvalue weighted by Gasteiger charge is 2.31. The first-order valence-electron chi connectivity index (χ1n) is 6.36. The van der Waals surface area contributed by atoms with Gasteiger partial charge in [0.1, 0.15) is 0 Å². The van der Waals surface area contributed by atoms with Crippen molar-refractivity contribution in [1.29, 1.82) is 0 Å². The van der Waals surface area contributed by atoms with Gasteiger partial charge in [-0.1, -0.05) is 0 Å². The second kappa shape index (κ2) is 5.91. The summed E-state index contributed by atoms with van der Waals surface area (Å²) in [4.78, 5) is 29.2. The minimum atomic E-state index is -0.203. The Bertz CT molecular complexity index is 382. The van der Waals surface area contributed by atoms with Crippen molar-refractivity contribution in [2.24, 2.45) is 10.9 Å². The van der Waals surface area contributed by atoms with E-state index in [9.17, 15) is 9.59 Å². The molecule has 0 aromatic heterocycles. The molecule has 1 fully saturated rings. The first-order chi connectivity index (χ1) is 8.72. The van der Waals surface area contributed by atoms with E-state index < -0.39 is 0 Å². The number of hydrogen-bond acceptors (Lipinski definition) is 5. The SMILES string of the molecule is CCOC(=O)C1CCN([C@H]2C=CN=CC2=O)CC1. The van der Waals surface area contributed by atoms with Crippen molar-refractivity contribution in [3.8, 4) is 0 Å². The van der Waals surface area contributed by atoms with Crippen LogP contribution >= 0.6 is 0 Å². The van der Waals surface area contributed by atoms with Gasteiger partial charge >= 0.3 is 5.97 Å². The Morgan fingerprint density at radius 1 is 1.50 bits per heavy atom. The van der Waals surface area contributed by atoms with Crippen LogP contribution in [-0.4, -0.2) is 48.6 Å². The second-order valence-corrected chi connectivity index (χ2v) is 4.53. The van der Waals surface area contributed by atoms with Crippen LogP contribution in [0.4, 0.5) is 0 Å². The molecule has 5 heteroatoms. The standard InChI is InChI=1S/C13H18N2O3/c1-2-18-13(17)10-4-7-15(8-5-10)11-3-6-14-9-12(11)16/h3,6,9-11H,2,4-5,7-8H2,1H3/t11-/m0/s1. The van der Waals surface area contributed by atoms with E-state index in [2.05, 4.69) is 9.89 Å². The molecule has 1 atom stereocenters. The Kier molecular flexibility index (Phi) is 4.25. The maximum absolute atomic E-state index is 11.7. The number of nitrogens with zero attached hydrogens (tertiary/aromatic N) is 2. The molecule has 0 aromatic carbocycles. The van der Waals surface area contributed by atoms with E-state index in [0.717, 1.165) is 25.9 Å². The van der Waals surface area contributed by atoms with E-state index in [4.69, 9.17) is 4.74 Å². The van der Waals surface area contributed by atoms with Crippen LogP contribution in [0.5, 0.6) is 0 Å². The van der Waals surface area contributed by atoms with Gasteiger partial charge in [-0.25, -0.2) is 0 Å². The Morgan fingerprint density at radius 2 is 2.22 bits per heavy atom. The second-order valence-electron chi connectivity index (χ2n) is 4.53. The van der Waals surface area contributed by atoms with Gasteiger partial charge in [0.15, 0.2) is 5.78 Å². The lowest BCUT2D eigenvalue weighted by Gasteiger charge is -2.34. The highest BCUT2D eigenvalue weighted by atomic mass is 16.5. The molecule has 1 saturated heterocycles. The zero-order valence-corrected chi connectivity index (χ0v) is 10.5. The van der Waals surface area contributed by atoms with Gasteiger partial charge < -0.3 is 4.74 Å². The Labute approximate surface area is 107 Å². The molecule has 0 spiro atoms. The average Bonchev–Trinajstić information content (AvgIpc) is 2.40. The highest BCUT2D eigenvalue weighted by molar-refractivity contribution is 6.31. The highest BCUT2D eigenvalue weighted by Crippen LogP contribution is 2.21. The molecule has 0 saturated carbocycles. The number of aliphatic imine (C=N–C) groups is 1. The molecule has 2 aliphatic rings. The number of ether oxygens (including phenoxy) is 1. The van der Waals surface area contributed by atoms with Crippen LogP contribution in [0.15, 0.2) is 17.3 Å². The zero-order chi connectivity index (χ0) is 13.0. The van der Waals surface area contributed by atoms with Gasteiger partial charge in [-0.2, -0.15) is 0 Å². The third-order valence-corrected chi connectivity index (χ3v) is 3.39. The molecule has 18 heavy (non-hydrogen) atoms. The van der Waals surface area contributed by atoms with Crippen LogP contribution in [0.1, 0.15) is 19.8 Å². The van der Waals surface area contributed by atoms with E-state index in [0.29, 0.717) is 6.61 Å². The summed E-state index contributed by atoms with van der Waals surface area (Å²) in [5, 5.41) is 0. The molecule has 0 bridgehead atoms. The number of carbonyl (C=O) groups excluding carboxylic acids is 2. The summed E-state index contributed by atoms with van der Waals surface area (Å²) in [6.45, 7) is 3.74. The summed E-state index contributed by atoms with van der Waals surface area (Å²) >= 11 is 0. The molecular weight excluding hydrogens is 232 g/mol. The number of Topliss-reactive ketones (excluding diaryl/α,β-unsaturated/α-hetero) is 1. The number of likely N-dealkylation sites (tertiary alicyclic amines) is 1. The van der Waals surface area contributed by atoms with E-state index in [1.54, 1.807) is 6.20 Å². The molecule has 98 valence electrons. The van der Waals surface area contributed by atoms with Gasteiger partial charge in [-0.15, -0.1) is 0 Å². The molecule has 0 aromatic rings. The van der Waals surface area contributed by atoms with Crippen LogP contribution in [0.25, 0.3) is 0 Å². The minimum absolute atomic E-state index is 0.0162. The number of esters is 1.